The Kier molecular flexibility index (Phi) is 7.29. The number of terminal acetylenes is 1. The van der Waals surface area contributed by atoms with Crippen LogP contribution in [0.15, 0.2) is 59.8 Å². The third-order valence-corrected chi connectivity index (χ3v) is 7.80. The van der Waals surface area contributed by atoms with E-state index < -0.39 is 39.7 Å². The molecule has 1 aromatic carbocycles. The quantitative estimate of drug-likeness (QED) is 0.386. The van der Waals surface area contributed by atoms with Crippen LogP contribution < -0.4 is 5.32 Å². The monoisotopic (exact) mass is 532 g/mol. The van der Waals surface area contributed by atoms with Gasteiger partial charge in [-0.05, 0) is 60.9 Å². The molecule has 1 aliphatic rings. The molecule has 1 fully saturated rings. The number of aromatic nitrogens is 2. The number of halogens is 4. The molecule has 1 aliphatic heterocycles. The second kappa shape index (κ2) is 10.3. The molecule has 0 saturated carbocycles. The smallest absolute Gasteiger partial charge is 0.351 e. The maximum atomic E-state index is 13.2. The number of amides is 1. The number of nitrogens with zero attached hydrogens (tertiary/aromatic N) is 3. The number of alkyl halides is 3. The van der Waals surface area contributed by atoms with Crippen molar-refractivity contribution in [1.82, 2.24) is 19.6 Å². The zero-order valence-electron chi connectivity index (χ0n) is 19.2. The number of benzene rings is 1. The Morgan fingerprint density at radius 2 is 1.86 bits per heavy atom. The summed E-state index contributed by atoms with van der Waals surface area (Å²) >= 11 is 0. The van der Waals surface area contributed by atoms with Gasteiger partial charge in [0, 0.05) is 36.6 Å². The molecule has 0 bridgehead atoms. The van der Waals surface area contributed by atoms with Crippen LogP contribution in [0, 0.1) is 18.2 Å². The molecule has 3 heterocycles. The Morgan fingerprint density at radius 3 is 2.49 bits per heavy atom. The van der Waals surface area contributed by atoms with Crippen LogP contribution in [0.25, 0.3) is 11.3 Å². The fourth-order valence-electron chi connectivity index (χ4n) is 3.98. The molecule has 7 nitrogen and oxygen atoms in total. The molecule has 4 rings (SSSR count). The van der Waals surface area contributed by atoms with Gasteiger partial charge < -0.3 is 5.32 Å². The van der Waals surface area contributed by atoms with Crippen molar-refractivity contribution < 1.29 is 30.8 Å². The number of pyridine rings is 2. The fraction of sp³-hybridized carbons (Fsp3) is 0.240. The average Bonchev–Trinajstić information content (AvgIpc) is 3.38. The largest absolute Gasteiger partial charge is 0.433 e. The Balaban J connectivity index is 1.51. The fourth-order valence-corrected chi connectivity index (χ4v) is 5.63. The number of sulfonamides is 1. The summed E-state index contributed by atoms with van der Waals surface area (Å²) in [7, 11) is -4.03. The number of rotatable bonds is 6. The van der Waals surface area contributed by atoms with E-state index in [1.807, 2.05) is 0 Å². The minimum absolute atomic E-state index is 0.0666. The van der Waals surface area contributed by atoms with Gasteiger partial charge in [-0.25, -0.2) is 12.8 Å². The first-order chi connectivity index (χ1) is 17.5. The van der Waals surface area contributed by atoms with Crippen LogP contribution in [0.4, 0.5) is 17.6 Å². The number of hydrogen-bond donors (Lipinski definition) is 1. The Bertz CT molecular complexity index is 1450. The molecule has 1 N–H and O–H groups in total. The van der Waals surface area contributed by atoms with Crippen molar-refractivity contribution in [3.8, 4) is 23.6 Å². The highest BCUT2D eigenvalue weighted by molar-refractivity contribution is 7.89. The van der Waals surface area contributed by atoms with Crippen molar-refractivity contribution in [3.63, 3.8) is 0 Å². The summed E-state index contributed by atoms with van der Waals surface area (Å²) in [5, 5.41) is 2.69. The van der Waals surface area contributed by atoms with Gasteiger partial charge in [-0.2, -0.15) is 17.5 Å². The molecule has 3 aromatic rings. The molecule has 192 valence electrons. The van der Waals surface area contributed by atoms with E-state index in [1.54, 1.807) is 0 Å². The third-order valence-electron chi connectivity index (χ3n) is 5.87. The minimum Gasteiger partial charge on any atom is -0.351 e. The van der Waals surface area contributed by atoms with Gasteiger partial charge in [0.2, 0.25) is 15.9 Å². The second-order valence-electron chi connectivity index (χ2n) is 8.25. The van der Waals surface area contributed by atoms with Crippen LogP contribution >= 0.6 is 0 Å². The van der Waals surface area contributed by atoms with E-state index in [2.05, 4.69) is 21.2 Å². The van der Waals surface area contributed by atoms with Crippen molar-refractivity contribution in [2.24, 2.45) is 0 Å². The molecule has 0 aliphatic carbocycles. The lowest BCUT2D eigenvalue weighted by molar-refractivity contribution is -0.141. The van der Waals surface area contributed by atoms with E-state index in [1.165, 1.54) is 18.3 Å². The lowest BCUT2D eigenvalue weighted by Crippen LogP contribution is -2.45. The summed E-state index contributed by atoms with van der Waals surface area (Å²) in [6.07, 6.45) is 4.12. The highest BCUT2D eigenvalue weighted by Gasteiger charge is 2.39. The molecule has 2 aromatic heterocycles. The first-order valence-electron chi connectivity index (χ1n) is 11.0. The zero-order valence-corrected chi connectivity index (χ0v) is 20.0. The van der Waals surface area contributed by atoms with Gasteiger partial charge in [-0.1, -0.05) is 5.92 Å². The van der Waals surface area contributed by atoms with E-state index >= 15 is 0 Å². The van der Waals surface area contributed by atoms with Crippen molar-refractivity contribution in [3.05, 3.63) is 77.5 Å². The van der Waals surface area contributed by atoms with Crippen LogP contribution in [0.5, 0.6) is 0 Å². The van der Waals surface area contributed by atoms with Crippen LogP contribution in [0.1, 0.15) is 29.7 Å². The average molecular weight is 533 g/mol. The standard InChI is InChI=1S/C25H20F4N4O3S/c1-2-16-13-30-21(17-5-10-23(31-14-17)25(27,28)29)12-18(16)15-32-24(34)22-4-3-11-33(22)37(35,36)20-8-6-19(26)7-9-20/h1,5-10,12-14,22H,3-4,11,15H2,(H,32,34)/t22-/m0/s1. The highest BCUT2D eigenvalue weighted by Crippen LogP contribution is 2.29. The molecular weight excluding hydrogens is 512 g/mol. The number of carbonyl (C=O) groups excluding carboxylic acids is 1. The van der Waals surface area contributed by atoms with Crippen molar-refractivity contribution >= 4 is 15.9 Å². The van der Waals surface area contributed by atoms with Crippen molar-refractivity contribution in [2.75, 3.05) is 6.54 Å². The predicted molar refractivity (Wildman–Crippen MR) is 126 cm³/mol. The van der Waals surface area contributed by atoms with Gasteiger partial charge in [-0.3, -0.25) is 14.8 Å². The summed E-state index contributed by atoms with van der Waals surface area (Å²) in [6.45, 7) is 0.0661. The van der Waals surface area contributed by atoms with Crippen LogP contribution in [-0.4, -0.2) is 41.2 Å². The lowest BCUT2D eigenvalue weighted by atomic mass is 10.1. The van der Waals surface area contributed by atoms with Gasteiger partial charge in [-0.15, -0.1) is 6.42 Å². The maximum absolute atomic E-state index is 13.2. The van der Waals surface area contributed by atoms with Gasteiger partial charge in [0.25, 0.3) is 0 Å². The van der Waals surface area contributed by atoms with E-state index in [0.29, 0.717) is 35.2 Å². The van der Waals surface area contributed by atoms with Crippen molar-refractivity contribution in [1.29, 1.82) is 0 Å². The van der Waals surface area contributed by atoms with Gasteiger partial charge >= 0.3 is 6.18 Å². The minimum atomic E-state index is -4.58. The van der Waals surface area contributed by atoms with E-state index in [9.17, 15) is 30.8 Å². The molecule has 1 amide bonds. The normalized spacial score (nSPS) is 16.4. The molecular formula is C25H20F4N4O3S. The maximum Gasteiger partial charge on any atom is 0.433 e. The third kappa shape index (κ3) is 5.63. The first kappa shape index (κ1) is 26.2. The second-order valence-corrected chi connectivity index (χ2v) is 10.1. The van der Waals surface area contributed by atoms with E-state index in [0.717, 1.165) is 40.8 Å². The summed E-state index contributed by atoms with van der Waals surface area (Å²) in [5.74, 6) is 1.32. The molecule has 0 spiro atoms. The predicted octanol–water partition coefficient (Wildman–Crippen LogP) is 3.75. The molecule has 12 heteroatoms. The number of nitrogens with one attached hydrogen (secondary N) is 1. The van der Waals surface area contributed by atoms with E-state index in [-0.39, 0.29) is 18.0 Å². The molecule has 0 unspecified atom stereocenters. The van der Waals surface area contributed by atoms with Crippen LogP contribution in [0.2, 0.25) is 0 Å². The number of carbonyl (C=O) groups is 1. The summed E-state index contributed by atoms with van der Waals surface area (Å²) in [5.41, 5.74) is 0.390. The van der Waals surface area contributed by atoms with Gasteiger partial charge in [0.1, 0.15) is 17.6 Å². The summed E-state index contributed by atoms with van der Waals surface area (Å²) in [4.78, 5) is 20.5. The lowest BCUT2D eigenvalue weighted by Gasteiger charge is -2.23. The summed E-state index contributed by atoms with van der Waals surface area (Å²) < 4.78 is 78.8. The molecule has 0 radical (unpaired) electrons. The van der Waals surface area contributed by atoms with Crippen molar-refractivity contribution in [2.45, 2.75) is 36.5 Å². The van der Waals surface area contributed by atoms with Gasteiger partial charge in [0.15, 0.2) is 0 Å². The van der Waals surface area contributed by atoms with Gasteiger partial charge in [0.05, 0.1) is 10.6 Å². The molecule has 1 atom stereocenters. The Morgan fingerprint density at radius 1 is 1.14 bits per heavy atom. The Hall–Kier alpha value is -3.82. The molecule has 37 heavy (non-hydrogen) atoms. The number of hydrogen-bond acceptors (Lipinski definition) is 5. The topological polar surface area (TPSA) is 92.3 Å². The first-order valence-corrected chi connectivity index (χ1v) is 12.5. The Labute approximate surface area is 210 Å². The van der Waals surface area contributed by atoms with Crippen LogP contribution in [0.3, 0.4) is 0 Å². The zero-order chi connectivity index (χ0) is 26.8. The molecule has 1 saturated heterocycles. The van der Waals surface area contributed by atoms with Crippen LogP contribution in [-0.2, 0) is 27.5 Å². The highest BCUT2D eigenvalue weighted by atomic mass is 32.2. The van der Waals surface area contributed by atoms with E-state index in [4.69, 9.17) is 6.42 Å². The summed E-state index contributed by atoms with van der Waals surface area (Å²) in [6, 6.07) is 6.99. The SMILES string of the molecule is C#Cc1cnc(-c2ccc(C(F)(F)F)nc2)cc1CNC(=O)[C@@H]1CCCN1S(=O)(=O)c1ccc(F)cc1.